The Labute approximate surface area is 121 Å². The highest BCUT2D eigenvalue weighted by Crippen LogP contribution is 2.23. The predicted octanol–water partition coefficient (Wildman–Crippen LogP) is 2.84. The molecule has 0 unspecified atom stereocenters. The molecule has 0 spiro atoms. The van der Waals surface area contributed by atoms with Gasteiger partial charge in [0.05, 0.1) is 10.7 Å². The first-order valence-corrected chi connectivity index (χ1v) is 8.51. The molecule has 0 bridgehead atoms. The normalized spacial score (nSPS) is 15.4. The van der Waals surface area contributed by atoms with Crippen molar-refractivity contribution in [1.29, 1.82) is 0 Å². The summed E-state index contributed by atoms with van der Waals surface area (Å²) in [5, 5.41) is 4.92. The van der Waals surface area contributed by atoms with Crippen LogP contribution in [0.5, 0.6) is 0 Å². The van der Waals surface area contributed by atoms with Gasteiger partial charge >= 0.3 is 0 Å². The van der Waals surface area contributed by atoms with Crippen molar-refractivity contribution >= 4 is 11.3 Å². The Kier molecular flexibility index (Phi) is 5.79. The van der Waals surface area contributed by atoms with Crippen molar-refractivity contribution in [2.45, 2.75) is 59.0 Å². The standard InChI is InChI=1S/C15H27N3S/c1-4-13-14(11-16-12-7-8-12)19-15(17-13)9-10-18(5-2)6-3/h12,16H,4-11H2,1-3H3. The highest BCUT2D eigenvalue weighted by molar-refractivity contribution is 7.11. The zero-order valence-electron chi connectivity index (χ0n) is 12.5. The van der Waals surface area contributed by atoms with Gasteiger partial charge in [-0.15, -0.1) is 11.3 Å². The van der Waals surface area contributed by atoms with Crippen molar-refractivity contribution in [3.63, 3.8) is 0 Å². The summed E-state index contributed by atoms with van der Waals surface area (Å²) >= 11 is 1.92. The molecule has 2 rings (SSSR count). The van der Waals surface area contributed by atoms with Gasteiger partial charge in [0, 0.05) is 30.4 Å². The number of nitrogens with zero attached hydrogens (tertiary/aromatic N) is 2. The van der Waals surface area contributed by atoms with Gasteiger partial charge in [-0.3, -0.25) is 0 Å². The summed E-state index contributed by atoms with van der Waals surface area (Å²) in [4.78, 5) is 8.75. The number of thiazole rings is 1. The molecule has 4 heteroatoms. The van der Waals surface area contributed by atoms with Gasteiger partial charge in [0.15, 0.2) is 0 Å². The van der Waals surface area contributed by atoms with Crippen LogP contribution in [0.15, 0.2) is 0 Å². The third-order valence-corrected chi connectivity index (χ3v) is 4.98. The van der Waals surface area contributed by atoms with E-state index < -0.39 is 0 Å². The van der Waals surface area contributed by atoms with Gasteiger partial charge < -0.3 is 10.2 Å². The maximum Gasteiger partial charge on any atom is 0.0944 e. The van der Waals surface area contributed by atoms with Crippen molar-refractivity contribution in [3.8, 4) is 0 Å². The van der Waals surface area contributed by atoms with Gasteiger partial charge in [-0.25, -0.2) is 4.98 Å². The van der Waals surface area contributed by atoms with Crippen LogP contribution in [0.25, 0.3) is 0 Å². The lowest BCUT2D eigenvalue weighted by atomic mass is 10.3. The highest BCUT2D eigenvalue weighted by Gasteiger charge is 2.21. The molecule has 1 heterocycles. The number of likely N-dealkylation sites (N-methyl/N-ethyl adjacent to an activating group) is 1. The number of nitrogens with one attached hydrogen (secondary N) is 1. The van der Waals surface area contributed by atoms with E-state index >= 15 is 0 Å². The fourth-order valence-electron chi connectivity index (χ4n) is 2.28. The van der Waals surface area contributed by atoms with E-state index in [1.807, 2.05) is 11.3 Å². The van der Waals surface area contributed by atoms with Crippen LogP contribution in [0, 0.1) is 0 Å². The molecular formula is C15H27N3S. The molecule has 0 radical (unpaired) electrons. The van der Waals surface area contributed by atoms with Crippen LogP contribution in [0.3, 0.4) is 0 Å². The van der Waals surface area contributed by atoms with Crippen LogP contribution >= 0.6 is 11.3 Å². The molecule has 1 fully saturated rings. The van der Waals surface area contributed by atoms with E-state index in [9.17, 15) is 0 Å². The average molecular weight is 281 g/mol. The fraction of sp³-hybridized carbons (Fsp3) is 0.800. The maximum atomic E-state index is 4.82. The molecule has 1 aliphatic carbocycles. The van der Waals surface area contributed by atoms with Gasteiger partial charge in [0.1, 0.15) is 0 Å². The zero-order chi connectivity index (χ0) is 13.7. The Bertz CT molecular complexity index is 381. The Morgan fingerprint density at radius 1 is 1.26 bits per heavy atom. The van der Waals surface area contributed by atoms with Gasteiger partial charge in [-0.1, -0.05) is 20.8 Å². The van der Waals surface area contributed by atoms with Crippen molar-refractivity contribution < 1.29 is 0 Å². The first-order chi connectivity index (χ1) is 9.26. The number of hydrogen-bond acceptors (Lipinski definition) is 4. The monoisotopic (exact) mass is 281 g/mol. The molecule has 19 heavy (non-hydrogen) atoms. The summed E-state index contributed by atoms with van der Waals surface area (Å²) in [7, 11) is 0. The largest absolute Gasteiger partial charge is 0.309 e. The van der Waals surface area contributed by atoms with Gasteiger partial charge in [-0.2, -0.15) is 0 Å². The molecule has 1 aromatic rings. The quantitative estimate of drug-likeness (QED) is 0.754. The Balaban J connectivity index is 1.88. The highest BCUT2D eigenvalue weighted by atomic mass is 32.1. The van der Waals surface area contributed by atoms with Crippen molar-refractivity contribution in [2.75, 3.05) is 19.6 Å². The Morgan fingerprint density at radius 3 is 2.58 bits per heavy atom. The second-order valence-corrected chi connectivity index (χ2v) is 6.43. The minimum Gasteiger partial charge on any atom is -0.309 e. The average Bonchev–Trinajstić information content (AvgIpc) is 3.18. The van der Waals surface area contributed by atoms with E-state index in [-0.39, 0.29) is 0 Å². The first kappa shape index (κ1) is 14.9. The molecule has 1 aromatic heterocycles. The van der Waals surface area contributed by atoms with Crippen LogP contribution in [0.1, 0.15) is 49.2 Å². The summed E-state index contributed by atoms with van der Waals surface area (Å²) in [5.74, 6) is 0. The van der Waals surface area contributed by atoms with Gasteiger partial charge in [0.25, 0.3) is 0 Å². The smallest absolute Gasteiger partial charge is 0.0944 e. The van der Waals surface area contributed by atoms with Crippen LogP contribution in [0.4, 0.5) is 0 Å². The van der Waals surface area contributed by atoms with Gasteiger partial charge in [-0.05, 0) is 32.4 Å². The first-order valence-electron chi connectivity index (χ1n) is 7.69. The molecule has 108 valence electrons. The summed E-state index contributed by atoms with van der Waals surface area (Å²) in [5.41, 5.74) is 1.31. The van der Waals surface area contributed by atoms with Crippen LogP contribution in [-0.2, 0) is 19.4 Å². The molecule has 1 saturated carbocycles. The van der Waals surface area contributed by atoms with Crippen molar-refractivity contribution in [1.82, 2.24) is 15.2 Å². The molecule has 1 N–H and O–H groups in total. The third kappa shape index (κ3) is 4.55. The molecule has 0 aromatic carbocycles. The van der Waals surface area contributed by atoms with Crippen LogP contribution in [-0.4, -0.2) is 35.6 Å². The Hall–Kier alpha value is -0.450. The number of rotatable bonds is 9. The number of aromatic nitrogens is 1. The molecule has 3 nitrogen and oxygen atoms in total. The number of aryl methyl sites for hydroxylation is 1. The minimum atomic E-state index is 0.783. The SMILES string of the molecule is CCc1nc(CCN(CC)CC)sc1CNC1CC1. The molecule has 0 amide bonds. The molecular weight excluding hydrogens is 254 g/mol. The fourth-order valence-corrected chi connectivity index (χ4v) is 3.37. The second kappa shape index (κ2) is 7.36. The predicted molar refractivity (Wildman–Crippen MR) is 82.8 cm³/mol. The zero-order valence-corrected chi connectivity index (χ0v) is 13.4. The molecule has 0 aliphatic heterocycles. The van der Waals surface area contributed by atoms with Crippen molar-refractivity contribution in [3.05, 3.63) is 15.6 Å². The summed E-state index contributed by atoms with van der Waals surface area (Å²) in [6.07, 6.45) is 4.87. The van der Waals surface area contributed by atoms with E-state index in [1.165, 1.54) is 28.4 Å². The lowest BCUT2D eigenvalue weighted by molar-refractivity contribution is 0.308. The molecule has 0 atom stereocenters. The second-order valence-electron chi connectivity index (χ2n) is 5.26. The van der Waals surface area contributed by atoms with Gasteiger partial charge in [0.2, 0.25) is 0 Å². The third-order valence-electron chi connectivity index (χ3n) is 3.82. The number of hydrogen-bond donors (Lipinski definition) is 1. The minimum absolute atomic E-state index is 0.783. The molecule has 1 aliphatic rings. The Morgan fingerprint density at radius 2 is 2.00 bits per heavy atom. The van der Waals surface area contributed by atoms with E-state index in [2.05, 4.69) is 31.0 Å². The van der Waals surface area contributed by atoms with E-state index in [0.29, 0.717) is 0 Å². The van der Waals surface area contributed by atoms with E-state index in [1.54, 1.807) is 0 Å². The van der Waals surface area contributed by atoms with E-state index in [0.717, 1.165) is 45.1 Å². The molecule has 0 saturated heterocycles. The maximum absolute atomic E-state index is 4.82. The summed E-state index contributed by atoms with van der Waals surface area (Å²) in [6, 6.07) is 0.783. The topological polar surface area (TPSA) is 28.2 Å². The summed E-state index contributed by atoms with van der Waals surface area (Å²) in [6.45, 7) is 11.1. The lowest BCUT2D eigenvalue weighted by Gasteiger charge is -2.16. The van der Waals surface area contributed by atoms with E-state index in [4.69, 9.17) is 4.98 Å². The van der Waals surface area contributed by atoms with Crippen LogP contribution in [0.2, 0.25) is 0 Å². The van der Waals surface area contributed by atoms with Crippen LogP contribution < -0.4 is 5.32 Å². The van der Waals surface area contributed by atoms with Crippen molar-refractivity contribution in [2.24, 2.45) is 0 Å². The summed E-state index contributed by atoms with van der Waals surface area (Å²) < 4.78 is 0. The lowest BCUT2D eigenvalue weighted by Crippen LogP contribution is -2.25.